The number of carbonyl (C=O) groups is 1. The predicted octanol–water partition coefficient (Wildman–Crippen LogP) is 3.65. The van der Waals surface area contributed by atoms with Crippen LogP contribution in [0.25, 0.3) is 0 Å². The number of aliphatic carboxylic acids is 1. The molecule has 0 bridgehead atoms. The molecule has 0 amide bonds. The molecule has 0 aliphatic heterocycles. The van der Waals surface area contributed by atoms with E-state index in [2.05, 4.69) is 20.8 Å². The first-order valence-electron chi connectivity index (χ1n) is 5.83. The Hall–Kier alpha value is -0.580. The van der Waals surface area contributed by atoms with E-state index in [1.54, 1.807) is 6.92 Å². The van der Waals surface area contributed by atoms with E-state index in [9.17, 15) is 4.79 Å². The van der Waals surface area contributed by atoms with Gasteiger partial charge in [0.25, 0.3) is 0 Å². The van der Waals surface area contributed by atoms with Crippen LogP contribution in [-0.4, -0.2) is 29.1 Å². The van der Waals surface area contributed by atoms with E-state index >= 15 is 0 Å². The van der Waals surface area contributed by atoms with E-state index in [0.717, 1.165) is 16.6 Å². The first-order valence-corrected chi connectivity index (χ1v) is 7.00. The van der Waals surface area contributed by atoms with Crippen LogP contribution in [0, 0.1) is 5.92 Å². The van der Waals surface area contributed by atoms with Crippen LogP contribution in [-0.2, 0) is 11.3 Å². The van der Waals surface area contributed by atoms with Gasteiger partial charge in [0.1, 0.15) is 0 Å². The Morgan fingerprint density at radius 2 is 2.22 bits per heavy atom. The highest BCUT2D eigenvalue weighted by Crippen LogP contribution is 2.23. The van der Waals surface area contributed by atoms with Crippen molar-refractivity contribution >= 4 is 33.5 Å². The number of halogens is 2. The molecule has 0 aromatic heterocycles. The van der Waals surface area contributed by atoms with E-state index in [1.165, 1.54) is 0 Å². The second-order valence-electron chi connectivity index (χ2n) is 4.32. The van der Waals surface area contributed by atoms with Crippen molar-refractivity contribution in [3.63, 3.8) is 0 Å². The minimum atomic E-state index is -0.762. The summed E-state index contributed by atoms with van der Waals surface area (Å²) >= 11 is 9.39. The van der Waals surface area contributed by atoms with Gasteiger partial charge in [0.15, 0.2) is 0 Å². The second kappa shape index (κ2) is 7.12. The summed E-state index contributed by atoms with van der Waals surface area (Å²) in [4.78, 5) is 12.9. The predicted molar refractivity (Wildman–Crippen MR) is 76.9 cm³/mol. The Bertz CT molecular complexity index is 425. The van der Waals surface area contributed by atoms with Gasteiger partial charge in [0.2, 0.25) is 0 Å². The largest absolute Gasteiger partial charge is 0.481 e. The summed E-state index contributed by atoms with van der Waals surface area (Å²) in [6, 6.07) is 5.80. The Kier molecular flexibility index (Phi) is 6.12. The minimum absolute atomic E-state index is 0.365. The quantitative estimate of drug-likeness (QED) is 0.863. The lowest BCUT2D eigenvalue weighted by molar-refractivity contribution is -0.141. The molecule has 1 unspecified atom stereocenters. The zero-order chi connectivity index (χ0) is 13.7. The fourth-order valence-corrected chi connectivity index (χ4v) is 2.12. The van der Waals surface area contributed by atoms with Gasteiger partial charge in [-0.25, -0.2) is 0 Å². The average molecular weight is 335 g/mol. The van der Waals surface area contributed by atoms with Crippen LogP contribution in [0.5, 0.6) is 0 Å². The lowest BCUT2D eigenvalue weighted by atomic mass is 10.1. The van der Waals surface area contributed by atoms with Crippen molar-refractivity contribution in [2.75, 3.05) is 13.1 Å². The number of carboxylic acids is 1. The van der Waals surface area contributed by atoms with Crippen LogP contribution in [0.2, 0.25) is 5.02 Å². The Morgan fingerprint density at radius 3 is 2.72 bits per heavy atom. The third-order valence-electron chi connectivity index (χ3n) is 2.79. The number of hydrogen-bond donors (Lipinski definition) is 1. The maximum Gasteiger partial charge on any atom is 0.307 e. The van der Waals surface area contributed by atoms with Crippen LogP contribution in [0.15, 0.2) is 22.7 Å². The highest BCUT2D eigenvalue weighted by Gasteiger charge is 2.15. The molecule has 0 aliphatic carbocycles. The van der Waals surface area contributed by atoms with Gasteiger partial charge >= 0.3 is 5.97 Å². The van der Waals surface area contributed by atoms with Crippen molar-refractivity contribution in [1.82, 2.24) is 4.90 Å². The van der Waals surface area contributed by atoms with Gasteiger partial charge in [-0.15, -0.1) is 0 Å². The van der Waals surface area contributed by atoms with Gasteiger partial charge in [-0.3, -0.25) is 9.69 Å². The summed E-state index contributed by atoms with van der Waals surface area (Å²) in [5, 5.41) is 9.59. The number of carboxylic acid groups (broad SMARTS) is 1. The summed E-state index contributed by atoms with van der Waals surface area (Å²) in [5.41, 5.74) is 1.09. The topological polar surface area (TPSA) is 40.5 Å². The zero-order valence-electron chi connectivity index (χ0n) is 10.5. The molecule has 1 N–H and O–H groups in total. The molecule has 1 aromatic rings. The molecule has 1 rings (SSSR count). The summed E-state index contributed by atoms with van der Waals surface area (Å²) in [5.74, 6) is -1.13. The van der Waals surface area contributed by atoms with Gasteiger partial charge in [-0.1, -0.05) is 31.5 Å². The third-order valence-corrected chi connectivity index (χ3v) is 4.02. The number of hydrogen-bond acceptors (Lipinski definition) is 2. The molecule has 1 aromatic carbocycles. The number of nitrogens with zero attached hydrogens (tertiary/aromatic N) is 1. The van der Waals surface area contributed by atoms with E-state index < -0.39 is 5.97 Å². The monoisotopic (exact) mass is 333 g/mol. The molecule has 1 atom stereocenters. The van der Waals surface area contributed by atoms with Crippen molar-refractivity contribution < 1.29 is 9.90 Å². The average Bonchev–Trinajstić information content (AvgIpc) is 2.32. The number of rotatable bonds is 6. The maximum atomic E-state index is 10.8. The SMILES string of the molecule is CCN(Cc1ccc(Br)c(Cl)c1)CC(C)C(=O)O. The lowest BCUT2D eigenvalue weighted by Crippen LogP contribution is -2.31. The summed E-state index contributed by atoms with van der Waals surface area (Å²) < 4.78 is 0.870. The van der Waals surface area contributed by atoms with Crippen molar-refractivity contribution in [1.29, 1.82) is 0 Å². The molecule has 18 heavy (non-hydrogen) atoms. The van der Waals surface area contributed by atoms with Gasteiger partial charge in [-0.05, 0) is 40.2 Å². The number of benzene rings is 1. The minimum Gasteiger partial charge on any atom is -0.481 e. The Morgan fingerprint density at radius 1 is 1.56 bits per heavy atom. The molecular weight excluding hydrogens is 318 g/mol. The zero-order valence-corrected chi connectivity index (χ0v) is 12.8. The molecule has 100 valence electrons. The molecule has 0 heterocycles. The first kappa shape index (κ1) is 15.5. The molecule has 5 heteroatoms. The highest BCUT2D eigenvalue weighted by molar-refractivity contribution is 9.10. The molecule has 3 nitrogen and oxygen atoms in total. The molecule has 0 radical (unpaired) electrons. The van der Waals surface area contributed by atoms with Crippen molar-refractivity contribution in [2.24, 2.45) is 5.92 Å². The van der Waals surface area contributed by atoms with Gasteiger partial charge in [0, 0.05) is 17.6 Å². The van der Waals surface area contributed by atoms with Gasteiger partial charge in [0.05, 0.1) is 10.9 Å². The molecule has 0 fully saturated rings. The van der Waals surface area contributed by atoms with Crippen molar-refractivity contribution in [3.05, 3.63) is 33.3 Å². The first-order chi connectivity index (χ1) is 8.43. The van der Waals surface area contributed by atoms with Crippen molar-refractivity contribution in [2.45, 2.75) is 20.4 Å². The van der Waals surface area contributed by atoms with E-state index in [-0.39, 0.29) is 5.92 Å². The highest BCUT2D eigenvalue weighted by atomic mass is 79.9. The standard InChI is InChI=1S/C13H17BrClNO2/c1-3-16(7-9(2)13(17)18)8-10-4-5-11(14)12(15)6-10/h4-6,9H,3,7-8H2,1-2H3,(H,17,18). The fourth-order valence-electron chi connectivity index (χ4n) is 1.67. The summed E-state index contributed by atoms with van der Waals surface area (Å²) in [7, 11) is 0. The molecule has 0 spiro atoms. The van der Waals surface area contributed by atoms with Crippen LogP contribution in [0.4, 0.5) is 0 Å². The third kappa shape index (κ3) is 4.59. The fraction of sp³-hybridized carbons (Fsp3) is 0.462. The second-order valence-corrected chi connectivity index (χ2v) is 5.58. The Balaban J connectivity index is 2.67. The molecule has 0 saturated carbocycles. The molecular formula is C13H17BrClNO2. The molecule has 0 saturated heterocycles. The normalized spacial score (nSPS) is 12.7. The van der Waals surface area contributed by atoms with E-state index in [1.807, 2.05) is 25.1 Å². The van der Waals surface area contributed by atoms with Crippen molar-refractivity contribution in [3.8, 4) is 0 Å². The summed E-state index contributed by atoms with van der Waals surface area (Å²) in [6.07, 6.45) is 0. The Labute approximate surface area is 121 Å². The van der Waals surface area contributed by atoms with Crippen LogP contribution < -0.4 is 0 Å². The van der Waals surface area contributed by atoms with Gasteiger partial charge in [-0.2, -0.15) is 0 Å². The molecule has 0 aliphatic rings. The van der Waals surface area contributed by atoms with E-state index in [4.69, 9.17) is 16.7 Å². The lowest BCUT2D eigenvalue weighted by Gasteiger charge is -2.22. The van der Waals surface area contributed by atoms with Crippen LogP contribution in [0.1, 0.15) is 19.4 Å². The maximum absolute atomic E-state index is 10.8. The van der Waals surface area contributed by atoms with Gasteiger partial charge < -0.3 is 5.11 Å². The van der Waals surface area contributed by atoms with Crippen LogP contribution >= 0.6 is 27.5 Å². The smallest absolute Gasteiger partial charge is 0.307 e. The summed E-state index contributed by atoms with van der Waals surface area (Å²) in [6.45, 7) is 5.81. The van der Waals surface area contributed by atoms with E-state index in [0.29, 0.717) is 18.1 Å². The van der Waals surface area contributed by atoms with Crippen LogP contribution in [0.3, 0.4) is 0 Å².